The Kier molecular flexibility index (Phi) is 14.2. The van der Waals surface area contributed by atoms with Gasteiger partial charge in [-0.15, -0.1) is 0 Å². The van der Waals surface area contributed by atoms with E-state index in [1.54, 1.807) is 24.3 Å². The van der Waals surface area contributed by atoms with Gasteiger partial charge in [-0.2, -0.15) is 13.2 Å². The largest absolute Gasteiger partial charge is 0.458 e. The first-order chi connectivity index (χ1) is 19.2. The number of ether oxygens (including phenoxy) is 4. The summed E-state index contributed by atoms with van der Waals surface area (Å²) in [5.74, 6) is -1.92. The van der Waals surface area contributed by atoms with Gasteiger partial charge in [0.1, 0.15) is 18.3 Å². The molecule has 9 heteroatoms. The van der Waals surface area contributed by atoms with E-state index in [0.29, 0.717) is 19.3 Å². The fraction of sp³-hybridized carbons (Fsp3) is 0.548. The summed E-state index contributed by atoms with van der Waals surface area (Å²) in [6.45, 7) is 2.09. The molecule has 2 rings (SSSR count). The Hall–Kier alpha value is -2.91. The van der Waals surface area contributed by atoms with E-state index in [4.69, 9.17) is 18.9 Å². The summed E-state index contributed by atoms with van der Waals surface area (Å²) in [6.07, 6.45) is 9.26. The van der Waals surface area contributed by atoms with Crippen molar-refractivity contribution in [3.8, 4) is 0 Å². The number of carbonyl (C=O) groups excluding carboxylic acids is 2. The Labute approximate surface area is 235 Å². The van der Waals surface area contributed by atoms with Gasteiger partial charge in [0.05, 0.1) is 0 Å². The molecule has 1 heterocycles. The Bertz CT molecular complexity index is 989. The number of rotatable bonds is 14. The maximum atomic E-state index is 14.5. The number of cyclic esters (lactones) is 1. The van der Waals surface area contributed by atoms with Crippen molar-refractivity contribution >= 4 is 11.9 Å². The van der Waals surface area contributed by atoms with Crippen molar-refractivity contribution in [2.75, 3.05) is 14.2 Å². The minimum atomic E-state index is -5.10. The van der Waals surface area contributed by atoms with Crippen molar-refractivity contribution in [1.29, 1.82) is 0 Å². The monoisotopic (exact) mass is 566 g/mol. The van der Waals surface area contributed by atoms with Gasteiger partial charge >= 0.3 is 18.1 Å². The van der Waals surface area contributed by atoms with Crippen molar-refractivity contribution in [3.63, 3.8) is 0 Å². The lowest BCUT2D eigenvalue weighted by Gasteiger charge is -2.34. The summed E-state index contributed by atoms with van der Waals surface area (Å²) in [6, 6.07) is 6.68. The van der Waals surface area contributed by atoms with Crippen molar-refractivity contribution in [1.82, 2.24) is 0 Å². The summed E-state index contributed by atoms with van der Waals surface area (Å²) < 4.78 is 64.9. The van der Waals surface area contributed by atoms with Crippen LogP contribution in [0.3, 0.4) is 0 Å². The first-order valence-corrected chi connectivity index (χ1v) is 13.8. The van der Waals surface area contributed by atoms with E-state index in [1.807, 2.05) is 18.2 Å². The van der Waals surface area contributed by atoms with Crippen LogP contribution in [-0.2, 0) is 34.1 Å². The average Bonchev–Trinajstić information content (AvgIpc) is 3.02. The first kappa shape index (κ1) is 33.3. The first-order valence-electron chi connectivity index (χ1n) is 13.8. The predicted molar refractivity (Wildman–Crippen MR) is 146 cm³/mol. The van der Waals surface area contributed by atoms with Crippen molar-refractivity contribution in [3.05, 3.63) is 72.4 Å². The van der Waals surface area contributed by atoms with Crippen molar-refractivity contribution in [2.45, 2.75) is 94.8 Å². The summed E-state index contributed by atoms with van der Waals surface area (Å²) in [7, 11) is 2.21. The molecule has 1 aliphatic rings. The average molecular weight is 567 g/mol. The standard InChI is InChI=1S/C31H41F3O6/c1-4-5-6-7-8-15-20-27(26(37-2)23-22-25-19-14-9-10-16-21-28(35)39-25)40-29(36)30(38-3,31(32,33)34)24-17-12-11-13-18-24/h8-9,11-15,17-18,22-23,25-27H,4-7,10,16,19-21H2,1-3H3/b14-9-,15-8-,23-22+/t25-,26?,27-,30-/m0/s1. The maximum Gasteiger partial charge on any atom is 0.432 e. The van der Waals surface area contributed by atoms with E-state index in [2.05, 4.69) is 6.92 Å². The number of hydrogen-bond acceptors (Lipinski definition) is 6. The fourth-order valence-electron chi connectivity index (χ4n) is 4.41. The third kappa shape index (κ3) is 9.63. The molecule has 0 spiro atoms. The minimum Gasteiger partial charge on any atom is -0.458 e. The molecule has 1 aliphatic heterocycles. The lowest BCUT2D eigenvalue weighted by Crippen LogP contribution is -2.53. The third-order valence-electron chi connectivity index (χ3n) is 6.66. The highest BCUT2D eigenvalue weighted by molar-refractivity contribution is 5.83. The van der Waals surface area contributed by atoms with Crippen LogP contribution in [0.15, 0.2) is 66.8 Å². The van der Waals surface area contributed by atoms with E-state index >= 15 is 0 Å². The van der Waals surface area contributed by atoms with Crippen molar-refractivity contribution in [2.24, 2.45) is 0 Å². The van der Waals surface area contributed by atoms with Gasteiger partial charge in [0, 0.05) is 39.0 Å². The number of esters is 2. The van der Waals surface area contributed by atoms with E-state index in [9.17, 15) is 22.8 Å². The van der Waals surface area contributed by atoms with Crippen LogP contribution in [0, 0.1) is 0 Å². The molecular formula is C31H41F3O6. The number of unbranched alkanes of at least 4 members (excludes halogenated alkanes) is 3. The van der Waals surface area contributed by atoms with Gasteiger partial charge < -0.3 is 18.9 Å². The number of benzene rings is 1. The highest BCUT2D eigenvalue weighted by Gasteiger charge is 2.64. The van der Waals surface area contributed by atoms with Crippen LogP contribution in [0.25, 0.3) is 0 Å². The molecule has 1 unspecified atom stereocenters. The SMILES string of the molecule is CCCCC/C=C\C[C@H](OC(=O)[C@@](OC)(c1ccccc1)C(F)(F)F)C(/C=C/[C@@H]1C/C=C\CCCC(=O)O1)OC. The molecule has 40 heavy (non-hydrogen) atoms. The van der Waals surface area contributed by atoms with Gasteiger partial charge in [0.2, 0.25) is 0 Å². The molecule has 4 atom stereocenters. The van der Waals surface area contributed by atoms with Gasteiger partial charge in [-0.05, 0) is 31.8 Å². The van der Waals surface area contributed by atoms with Crippen LogP contribution < -0.4 is 0 Å². The third-order valence-corrected chi connectivity index (χ3v) is 6.66. The molecule has 0 radical (unpaired) electrons. The number of methoxy groups -OCH3 is 2. The van der Waals surface area contributed by atoms with Gasteiger partial charge in [0.25, 0.3) is 5.60 Å². The molecule has 0 saturated heterocycles. The number of allylic oxidation sites excluding steroid dienone is 2. The highest BCUT2D eigenvalue weighted by Crippen LogP contribution is 2.43. The van der Waals surface area contributed by atoms with Crippen LogP contribution in [0.5, 0.6) is 0 Å². The van der Waals surface area contributed by atoms with Gasteiger partial charge in [-0.3, -0.25) is 4.79 Å². The van der Waals surface area contributed by atoms with E-state index < -0.39 is 41.6 Å². The second-order valence-electron chi connectivity index (χ2n) is 9.61. The molecule has 6 nitrogen and oxygen atoms in total. The quantitative estimate of drug-likeness (QED) is 0.135. The Morgan fingerprint density at radius 1 is 1.12 bits per heavy atom. The second kappa shape index (κ2) is 17.0. The molecule has 1 aromatic rings. The van der Waals surface area contributed by atoms with Crippen LogP contribution >= 0.6 is 0 Å². The molecule has 0 fully saturated rings. The van der Waals surface area contributed by atoms with E-state index in [-0.39, 0.29) is 12.4 Å². The Morgan fingerprint density at radius 2 is 1.88 bits per heavy atom. The van der Waals surface area contributed by atoms with Gasteiger partial charge in [-0.25, -0.2) is 4.79 Å². The van der Waals surface area contributed by atoms with Gasteiger partial charge in [-0.1, -0.05) is 80.5 Å². The zero-order valence-electron chi connectivity index (χ0n) is 23.5. The summed E-state index contributed by atoms with van der Waals surface area (Å²) in [5, 5.41) is 0. The van der Waals surface area contributed by atoms with Crippen LogP contribution in [0.1, 0.15) is 70.3 Å². The fourth-order valence-corrected chi connectivity index (χ4v) is 4.41. The minimum absolute atomic E-state index is 0.109. The summed E-state index contributed by atoms with van der Waals surface area (Å²) >= 11 is 0. The second-order valence-corrected chi connectivity index (χ2v) is 9.61. The molecule has 222 valence electrons. The van der Waals surface area contributed by atoms with Crippen LogP contribution in [-0.4, -0.2) is 50.6 Å². The zero-order valence-corrected chi connectivity index (χ0v) is 23.5. The Morgan fingerprint density at radius 3 is 2.52 bits per heavy atom. The summed E-state index contributed by atoms with van der Waals surface area (Å²) in [5.41, 5.74) is -3.71. The highest BCUT2D eigenvalue weighted by atomic mass is 19.4. The Balaban J connectivity index is 2.36. The number of halogens is 3. The van der Waals surface area contributed by atoms with E-state index in [0.717, 1.165) is 39.2 Å². The maximum absolute atomic E-state index is 14.5. The number of alkyl halides is 3. The molecule has 0 saturated carbocycles. The number of carbonyl (C=O) groups is 2. The smallest absolute Gasteiger partial charge is 0.432 e. The topological polar surface area (TPSA) is 71.1 Å². The van der Waals surface area contributed by atoms with Crippen LogP contribution in [0.4, 0.5) is 13.2 Å². The molecular weight excluding hydrogens is 525 g/mol. The number of hydrogen-bond donors (Lipinski definition) is 0. The molecule has 1 aromatic carbocycles. The lowest BCUT2D eigenvalue weighted by atomic mass is 9.92. The predicted octanol–water partition coefficient (Wildman–Crippen LogP) is 7.14. The molecule has 0 N–H and O–H groups in total. The molecule has 0 aliphatic carbocycles. The molecule has 0 aromatic heterocycles. The van der Waals surface area contributed by atoms with Gasteiger partial charge in [0.15, 0.2) is 0 Å². The van der Waals surface area contributed by atoms with Crippen LogP contribution in [0.2, 0.25) is 0 Å². The normalized spacial score (nSPS) is 20.6. The lowest BCUT2D eigenvalue weighted by molar-refractivity contribution is -0.279. The van der Waals surface area contributed by atoms with E-state index in [1.165, 1.54) is 31.4 Å². The van der Waals surface area contributed by atoms with Crippen molar-refractivity contribution < 1.29 is 41.7 Å². The zero-order chi connectivity index (χ0) is 29.4. The molecule has 0 amide bonds. The molecule has 0 bridgehead atoms. The summed E-state index contributed by atoms with van der Waals surface area (Å²) in [4.78, 5) is 25.5.